The standard InChI is InChI=1S/C31H26Cl2N6O6S2/c1-3-28(47(43,44)21-12-10-20(45-2)11-13-21)30(42)35-25-16-26(40)24(34-29(41)18-9-14-22(32)23(33)15-18)17-27(25)46-31-36-37-38-39(31)19-7-5-4-6-8-19/h4-17,28,40H,3H2,1-2H3,(H,34,41)(H,35,42). The van der Waals surface area contributed by atoms with Crippen molar-refractivity contribution in [1.29, 1.82) is 0 Å². The van der Waals surface area contributed by atoms with Gasteiger partial charge in [-0.1, -0.05) is 48.3 Å². The van der Waals surface area contributed by atoms with Crippen LogP contribution in [0.15, 0.2) is 99.9 Å². The van der Waals surface area contributed by atoms with Gasteiger partial charge in [0, 0.05) is 16.5 Å². The number of nitrogens with one attached hydrogen (secondary N) is 2. The number of para-hydroxylation sites is 1. The molecule has 0 aliphatic carbocycles. The Morgan fingerprint density at radius 1 is 0.957 bits per heavy atom. The number of hydrogen-bond acceptors (Lipinski definition) is 10. The molecule has 16 heteroatoms. The summed E-state index contributed by atoms with van der Waals surface area (Å²) in [6, 6.07) is 21.7. The van der Waals surface area contributed by atoms with E-state index in [0.29, 0.717) is 11.4 Å². The van der Waals surface area contributed by atoms with Crippen LogP contribution in [0.25, 0.3) is 5.69 Å². The van der Waals surface area contributed by atoms with Crippen molar-refractivity contribution < 1.29 is 27.9 Å². The SMILES string of the molecule is CCC(C(=O)Nc1cc(O)c(NC(=O)c2ccc(Cl)c(Cl)c2)cc1Sc1nnnn1-c1ccccc1)S(=O)(=O)c1ccc(OC)cc1. The number of methoxy groups -OCH3 is 1. The fraction of sp³-hybridized carbons (Fsp3) is 0.129. The Balaban J connectivity index is 1.51. The monoisotopic (exact) mass is 712 g/mol. The summed E-state index contributed by atoms with van der Waals surface area (Å²) < 4.78 is 33.6. The van der Waals surface area contributed by atoms with Crippen LogP contribution in [0.4, 0.5) is 11.4 Å². The van der Waals surface area contributed by atoms with E-state index in [0.717, 1.165) is 11.8 Å². The number of nitrogens with zero attached hydrogens (tertiary/aromatic N) is 4. The minimum Gasteiger partial charge on any atom is -0.506 e. The number of amides is 2. The van der Waals surface area contributed by atoms with Gasteiger partial charge in [0.05, 0.1) is 39.1 Å². The summed E-state index contributed by atoms with van der Waals surface area (Å²) in [5.74, 6) is -1.38. The molecule has 0 fully saturated rings. The summed E-state index contributed by atoms with van der Waals surface area (Å²) >= 11 is 13.1. The highest BCUT2D eigenvalue weighted by Crippen LogP contribution is 2.40. The molecular formula is C31H26Cl2N6O6S2. The topological polar surface area (TPSA) is 165 Å². The largest absolute Gasteiger partial charge is 0.506 e. The Kier molecular flexibility index (Phi) is 10.3. The number of phenolic OH excluding ortho intramolecular Hbond substituents is 1. The molecule has 0 spiro atoms. The first-order valence-electron chi connectivity index (χ1n) is 13.9. The Morgan fingerprint density at radius 2 is 1.68 bits per heavy atom. The second-order valence-electron chi connectivity index (χ2n) is 9.87. The van der Waals surface area contributed by atoms with Gasteiger partial charge in [-0.05, 0) is 89.3 Å². The molecule has 1 unspecified atom stereocenters. The van der Waals surface area contributed by atoms with E-state index in [9.17, 15) is 23.1 Å². The van der Waals surface area contributed by atoms with Crippen LogP contribution in [0.1, 0.15) is 23.7 Å². The molecule has 2 amide bonds. The first-order valence-corrected chi connectivity index (χ1v) is 17.0. The van der Waals surface area contributed by atoms with Gasteiger partial charge in [-0.15, -0.1) is 5.10 Å². The van der Waals surface area contributed by atoms with Crippen molar-refractivity contribution in [3.8, 4) is 17.2 Å². The van der Waals surface area contributed by atoms with Crippen LogP contribution < -0.4 is 15.4 Å². The van der Waals surface area contributed by atoms with E-state index in [-0.39, 0.29) is 48.4 Å². The number of sulfone groups is 1. The van der Waals surface area contributed by atoms with Crippen LogP contribution >= 0.6 is 35.0 Å². The molecule has 3 N–H and O–H groups in total. The van der Waals surface area contributed by atoms with Gasteiger partial charge in [-0.25, -0.2) is 8.42 Å². The lowest BCUT2D eigenvalue weighted by molar-refractivity contribution is -0.115. The highest BCUT2D eigenvalue weighted by atomic mass is 35.5. The van der Waals surface area contributed by atoms with Crippen LogP contribution in [-0.2, 0) is 14.6 Å². The number of phenols is 1. The van der Waals surface area contributed by atoms with Gasteiger partial charge in [-0.3, -0.25) is 9.59 Å². The van der Waals surface area contributed by atoms with Gasteiger partial charge in [0.1, 0.15) is 16.7 Å². The predicted molar refractivity (Wildman–Crippen MR) is 179 cm³/mol. The molecule has 1 atom stereocenters. The van der Waals surface area contributed by atoms with Crippen LogP contribution in [0.2, 0.25) is 10.0 Å². The third kappa shape index (κ3) is 7.52. The summed E-state index contributed by atoms with van der Waals surface area (Å²) in [5.41, 5.74) is 0.858. The zero-order valence-corrected chi connectivity index (χ0v) is 27.9. The van der Waals surface area contributed by atoms with Gasteiger partial charge < -0.3 is 20.5 Å². The number of carbonyl (C=O) groups is 2. The molecule has 242 valence electrons. The highest BCUT2D eigenvalue weighted by Gasteiger charge is 2.33. The number of halogens is 2. The molecule has 1 aromatic heterocycles. The third-order valence-electron chi connectivity index (χ3n) is 6.85. The van der Waals surface area contributed by atoms with E-state index in [2.05, 4.69) is 26.2 Å². The zero-order valence-electron chi connectivity index (χ0n) is 24.7. The van der Waals surface area contributed by atoms with Crippen molar-refractivity contribution in [3.05, 3.63) is 101 Å². The molecule has 4 aromatic carbocycles. The van der Waals surface area contributed by atoms with E-state index < -0.39 is 32.7 Å². The van der Waals surface area contributed by atoms with Crippen LogP contribution in [-0.4, -0.2) is 57.9 Å². The number of hydrogen-bond donors (Lipinski definition) is 3. The lowest BCUT2D eigenvalue weighted by Gasteiger charge is -2.19. The minimum absolute atomic E-state index is 0.0156. The molecule has 0 aliphatic heterocycles. The molecule has 5 rings (SSSR count). The number of tetrazole rings is 1. The van der Waals surface area contributed by atoms with Crippen molar-refractivity contribution >= 4 is 68.0 Å². The number of rotatable bonds is 11. The average molecular weight is 714 g/mol. The molecular weight excluding hydrogens is 687 g/mol. The van der Waals surface area contributed by atoms with E-state index in [1.54, 1.807) is 19.1 Å². The summed E-state index contributed by atoms with van der Waals surface area (Å²) in [6.07, 6.45) is -0.0430. The molecule has 0 saturated heterocycles. The molecule has 0 radical (unpaired) electrons. The van der Waals surface area contributed by atoms with Crippen LogP contribution in [0, 0.1) is 0 Å². The second-order valence-corrected chi connectivity index (χ2v) is 13.8. The zero-order chi connectivity index (χ0) is 33.7. The third-order valence-corrected chi connectivity index (χ3v) is 10.8. The maximum absolute atomic E-state index is 13.6. The normalized spacial score (nSPS) is 11.9. The highest BCUT2D eigenvalue weighted by molar-refractivity contribution is 7.99. The Bertz CT molecular complexity index is 2040. The van der Waals surface area contributed by atoms with Crippen molar-refractivity contribution in [2.24, 2.45) is 0 Å². The minimum atomic E-state index is -4.12. The Hall–Kier alpha value is -4.63. The smallest absolute Gasteiger partial charge is 0.255 e. The van der Waals surface area contributed by atoms with E-state index in [4.69, 9.17) is 27.9 Å². The number of aromatic hydroxyl groups is 1. The first kappa shape index (κ1) is 33.7. The van der Waals surface area contributed by atoms with E-state index in [1.165, 1.54) is 66.4 Å². The van der Waals surface area contributed by atoms with Gasteiger partial charge in [0.25, 0.3) is 5.91 Å². The Morgan fingerprint density at radius 3 is 2.34 bits per heavy atom. The van der Waals surface area contributed by atoms with Crippen molar-refractivity contribution in [1.82, 2.24) is 20.2 Å². The number of anilines is 2. The molecule has 12 nitrogen and oxygen atoms in total. The van der Waals surface area contributed by atoms with Crippen LogP contribution in [0.5, 0.6) is 11.5 Å². The molecule has 0 bridgehead atoms. The molecule has 0 saturated carbocycles. The maximum Gasteiger partial charge on any atom is 0.255 e. The number of ether oxygens (including phenoxy) is 1. The predicted octanol–water partition coefficient (Wildman–Crippen LogP) is 6.28. The van der Waals surface area contributed by atoms with Crippen molar-refractivity contribution in [2.75, 3.05) is 17.7 Å². The molecule has 1 heterocycles. The van der Waals surface area contributed by atoms with Gasteiger partial charge >= 0.3 is 0 Å². The van der Waals surface area contributed by atoms with E-state index >= 15 is 0 Å². The first-order chi connectivity index (χ1) is 22.5. The Labute approximate surface area is 284 Å². The van der Waals surface area contributed by atoms with E-state index in [1.807, 2.05) is 18.2 Å². The lowest BCUT2D eigenvalue weighted by atomic mass is 10.2. The summed E-state index contributed by atoms with van der Waals surface area (Å²) in [5, 5.41) is 27.4. The lowest BCUT2D eigenvalue weighted by Crippen LogP contribution is -2.34. The summed E-state index contributed by atoms with van der Waals surface area (Å²) in [4.78, 5) is 26.9. The van der Waals surface area contributed by atoms with Crippen LogP contribution in [0.3, 0.4) is 0 Å². The quantitative estimate of drug-likeness (QED) is 0.133. The maximum atomic E-state index is 13.6. The average Bonchev–Trinajstić information content (AvgIpc) is 3.53. The van der Waals surface area contributed by atoms with Crippen molar-refractivity contribution in [2.45, 2.75) is 33.5 Å². The van der Waals surface area contributed by atoms with Gasteiger partial charge in [-0.2, -0.15) is 4.68 Å². The van der Waals surface area contributed by atoms with Crippen molar-refractivity contribution in [3.63, 3.8) is 0 Å². The number of carbonyl (C=O) groups excluding carboxylic acids is 2. The fourth-order valence-electron chi connectivity index (χ4n) is 4.44. The molecule has 5 aromatic rings. The number of benzene rings is 4. The molecule has 0 aliphatic rings. The second kappa shape index (κ2) is 14.4. The number of aromatic nitrogens is 4. The summed E-state index contributed by atoms with van der Waals surface area (Å²) in [6.45, 7) is 1.58. The molecule has 47 heavy (non-hydrogen) atoms. The summed E-state index contributed by atoms with van der Waals surface area (Å²) in [7, 11) is -2.67. The van der Waals surface area contributed by atoms with Gasteiger partial charge in [0.15, 0.2) is 9.84 Å². The fourth-order valence-corrected chi connectivity index (χ4v) is 7.26. The van der Waals surface area contributed by atoms with Gasteiger partial charge in [0.2, 0.25) is 11.1 Å².